The molecule has 0 unspecified atom stereocenters. The molecule has 0 aromatic heterocycles. The van der Waals surface area contributed by atoms with Gasteiger partial charge in [0.25, 0.3) is 0 Å². The number of carbonyl (C=O) groups excluding carboxylic acids is 1. The standard InChI is InChI=1S/C23H29NO3/c25-21(24-13-18(14-24)22(26)27)12-23(11-15-4-2-1-3-5-15)19-7-16-6-17(9-19)10-20(23)8-16/h1-5,16-20H,6-14H2,(H,26,27). The van der Waals surface area contributed by atoms with Crippen molar-refractivity contribution in [2.45, 2.75) is 44.9 Å². The van der Waals surface area contributed by atoms with Crippen molar-refractivity contribution >= 4 is 11.9 Å². The fourth-order valence-electron chi connectivity index (χ4n) is 6.97. The quantitative estimate of drug-likeness (QED) is 0.865. The van der Waals surface area contributed by atoms with E-state index in [0.29, 0.717) is 31.3 Å². The van der Waals surface area contributed by atoms with E-state index < -0.39 is 5.97 Å². The number of amides is 1. The van der Waals surface area contributed by atoms with E-state index in [2.05, 4.69) is 30.3 Å². The van der Waals surface area contributed by atoms with Gasteiger partial charge < -0.3 is 10.0 Å². The second-order valence-electron chi connectivity index (χ2n) is 9.71. The third kappa shape index (κ3) is 2.88. The molecule has 1 aromatic carbocycles. The molecule has 5 aliphatic rings. The van der Waals surface area contributed by atoms with Gasteiger partial charge in [-0.2, -0.15) is 0 Å². The van der Waals surface area contributed by atoms with Crippen LogP contribution < -0.4 is 0 Å². The summed E-state index contributed by atoms with van der Waals surface area (Å²) in [6.07, 6.45) is 8.22. The van der Waals surface area contributed by atoms with Crippen LogP contribution in [0.25, 0.3) is 0 Å². The maximum Gasteiger partial charge on any atom is 0.310 e. The Morgan fingerprint density at radius 2 is 1.56 bits per heavy atom. The zero-order valence-electron chi connectivity index (χ0n) is 15.8. The molecule has 144 valence electrons. The van der Waals surface area contributed by atoms with Crippen LogP contribution in [0.5, 0.6) is 0 Å². The number of rotatable bonds is 5. The third-order valence-electron chi connectivity index (χ3n) is 8.20. The Morgan fingerprint density at radius 3 is 2.11 bits per heavy atom. The molecule has 1 heterocycles. The zero-order chi connectivity index (χ0) is 18.6. The van der Waals surface area contributed by atoms with Crippen molar-refractivity contribution in [1.29, 1.82) is 0 Å². The molecular formula is C23H29NO3. The van der Waals surface area contributed by atoms with Crippen LogP contribution in [0.15, 0.2) is 30.3 Å². The molecule has 1 N–H and O–H groups in total. The number of carboxylic acid groups (broad SMARTS) is 1. The summed E-state index contributed by atoms with van der Waals surface area (Å²) >= 11 is 0. The summed E-state index contributed by atoms with van der Waals surface area (Å²) < 4.78 is 0. The number of nitrogens with zero attached hydrogens (tertiary/aromatic N) is 1. The average molecular weight is 367 g/mol. The van der Waals surface area contributed by atoms with Crippen molar-refractivity contribution in [3.63, 3.8) is 0 Å². The van der Waals surface area contributed by atoms with E-state index in [1.165, 1.54) is 37.7 Å². The first-order chi connectivity index (χ1) is 13.0. The zero-order valence-corrected chi connectivity index (χ0v) is 15.8. The van der Waals surface area contributed by atoms with Crippen LogP contribution in [-0.4, -0.2) is 35.0 Å². The lowest BCUT2D eigenvalue weighted by atomic mass is 9.43. The highest BCUT2D eigenvalue weighted by molar-refractivity contribution is 5.81. The molecule has 27 heavy (non-hydrogen) atoms. The molecule has 4 bridgehead atoms. The Labute approximate surface area is 160 Å². The van der Waals surface area contributed by atoms with Crippen molar-refractivity contribution in [2.75, 3.05) is 13.1 Å². The summed E-state index contributed by atoms with van der Waals surface area (Å²) in [6.45, 7) is 0.798. The summed E-state index contributed by atoms with van der Waals surface area (Å²) in [6, 6.07) is 10.7. The lowest BCUT2D eigenvalue weighted by Gasteiger charge is -2.62. The Hall–Kier alpha value is -1.84. The molecule has 0 spiro atoms. The molecule has 1 aliphatic heterocycles. The van der Waals surface area contributed by atoms with Gasteiger partial charge in [0, 0.05) is 19.5 Å². The molecule has 4 nitrogen and oxygen atoms in total. The summed E-state index contributed by atoms with van der Waals surface area (Å²) in [7, 11) is 0. The van der Waals surface area contributed by atoms with Crippen molar-refractivity contribution < 1.29 is 14.7 Å². The monoisotopic (exact) mass is 367 g/mol. The van der Waals surface area contributed by atoms with Crippen LogP contribution >= 0.6 is 0 Å². The number of likely N-dealkylation sites (tertiary alicyclic amines) is 1. The van der Waals surface area contributed by atoms with Crippen LogP contribution in [0.1, 0.15) is 44.1 Å². The average Bonchev–Trinajstić information content (AvgIpc) is 2.58. The van der Waals surface area contributed by atoms with Crippen LogP contribution in [0, 0.1) is 35.0 Å². The number of carboxylic acids is 1. The van der Waals surface area contributed by atoms with E-state index in [1.807, 2.05) is 0 Å². The molecular weight excluding hydrogens is 338 g/mol. The first kappa shape index (κ1) is 17.3. The molecule has 1 amide bonds. The highest BCUT2D eigenvalue weighted by Gasteiger charge is 2.58. The van der Waals surface area contributed by atoms with Gasteiger partial charge in [-0.1, -0.05) is 30.3 Å². The lowest BCUT2D eigenvalue weighted by Crippen LogP contribution is -2.58. The fraction of sp³-hybridized carbons (Fsp3) is 0.652. The molecule has 4 aliphatic carbocycles. The van der Waals surface area contributed by atoms with Crippen molar-refractivity contribution in [1.82, 2.24) is 4.90 Å². The molecule has 1 saturated heterocycles. The van der Waals surface area contributed by atoms with Gasteiger partial charge >= 0.3 is 5.97 Å². The smallest absolute Gasteiger partial charge is 0.310 e. The van der Waals surface area contributed by atoms with E-state index >= 15 is 0 Å². The van der Waals surface area contributed by atoms with Gasteiger partial charge in [-0.25, -0.2) is 0 Å². The number of carbonyl (C=O) groups is 2. The molecule has 0 radical (unpaired) electrons. The maximum atomic E-state index is 13.1. The topological polar surface area (TPSA) is 57.6 Å². The lowest BCUT2D eigenvalue weighted by molar-refractivity contribution is -0.160. The summed E-state index contributed by atoms with van der Waals surface area (Å²) in [4.78, 5) is 26.0. The minimum absolute atomic E-state index is 0.0835. The first-order valence-electron chi connectivity index (χ1n) is 10.6. The minimum atomic E-state index is -0.771. The van der Waals surface area contributed by atoms with Gasteiger partial charge in [0.2, 0.25) is 5.91 Å². The SMILES string of the molecule is O=C(O)C1CN(C(=O)CC2(Cc3ccccc3)C3CC4CC(C3)CC2C4)C1. The predicted octanol–water partition coefficient (Wildman–Crippen LogP) is 3.60. The fourth-order valence-corrected chi connectivity index (χ4v) is 6.97. The van der Waals surface area contributed by atoms with Crippen LogP contribution in [0.2, 0.25) is 0 Å². The number of aliphatic carboxylic acids is 1. The van der Waals surface area contributed by atoms with E-state index in [4.69, 9.17) is 5.11 Å². The van der Waals surface area contributed by atoms with E-state index in [1.54, 1.807) is 4.90 Å². The maximum absolute atomic E-state index is 13.1. The molecule has 4 saturated carbocycles. The molecule has 0 atom stereocenters. The van der Waals surface area contributed by atoms with Gasteiger partial charge in [-0.05, 0) is 73.2 Å². The van der Waals surface area contributed by atoms with E-state index in [-0.39, 0.29) is 17.2 Å². The van der Waals surface area contributed by atoms with Crippen molar-refractivity contribution in [3.05, 3.63) is 35.9 Å². The Balaban J connectivity index is 1.39. The minimum Gasteiger partial charge on any atom is -0.481 e. The second-order valence-corrected chi connectivity index (χ2v) is 9.71. The van der Waals surface area contributed by atoms with Gasteiger partial charge in [-0.3, -0.25) is 9.59 Å². The second kappa shape index (κ2) is 6.35. The normalized spacial score (nSPS) is 37.3. The first-order valence-corrected chi connectivity index (χ1v) is 10.6. The third-order valence-corrected chi connectivity index (χ3v) is 8.20. The highest BCUT2D eigenvalue weighted by Crippen LogP contribution is 2.64. The summed E-state index contributed by atoms with van der Waals surface area (Å²) in [5.41, 5.74) is 1.44. The summed E-state index contributed by atoms with van der Waals surface area (Å²) in [5.74, 6) is 2.14. The van der Waals surface area contributed by atoms with Crippen LogP contribution in [-0.2, 0) is 16.0 Å². The Morgan fingerprint density at radius 1 is 0.963 bits per heavy atom. The predicted molar refractivity (Wildman–Crippen MR) is 102 cm³/mol. The summed E-state index contributed by atoms with van der Waals surface area (Å²) in [5, 5.41) is 9.13. The van der Waals surface area contributed by atoms with Crippen LogP contribution in [0.3, 0.4) is 0 Å². The van der Waals surface area contributed by atoms with Crippen molar-refractivity contribution in [3.8, 4) is 0 Å². The Kier molecular flexibility index (Phi) is 4.06. The molecule has 1 aromatic rings. The number of benzene rings is 1. The number of hydrogen-bond acceptors (Lipinski definition) is 2. The van der Waals surface area contributed by atoms with Gasteiger partial charge in [0.15, 0.2) is 0 Å². The molecule has 5 fully saturated rings. The molecule has 6 rings (SSSR count). The van der Waals surface area contributed by atoms with Gasteiger partial charge in [0.05, 0.1) is 5.92 Å². The molecule has 4 heteroatoms. The van der Waals surface area contributed by atoms with Crippen molar-refractivity contribution in [2.24, 2.45) is 35.0 Å². The van der Waals surface area contributed by atoms with Crippen LogP contribution in [0.4, 0.5) is 0 Å². The number of hydrogen-bond donors (Lipinski definition) is 1. The van der Waals surface area contributed by atoms with Gasteiger partial charge in [-0.15, -0.1) is 0 Å². The highest BCUT2D eigenvalue weighted by atomic mass is 16.4. The van der Waals surface area contributed by atoms with E-state index in [0.717, 1.165) is 18.3 Å². The largest absolute Gasteiger partial charge is 0.481 e. The Bertz CT molecular complexity index is 709. The van der Waals surface area contributed by atoms with E-state index in [9.17, 15) is 9.59 Å². The van der Waals surface area contributed by atoms with Gasteiger partial charge in [0.1, 0.15) is 0 Å².